The van der Waals surface area contributed by atoms with Crippen LogP contribution in [0.3, 0.4) is 0 Å². The molecule has 12 nitrogen and oxygen atoms in total. The van der Waals surface area contributed by atoms with Gasteiger partial charge in [0.05, 0.1) is 31.7 Å². The molecular formula is C28H40N3O9PS. The van der Waals surface area contributed by atoms with Gasteiger partial charge in [-0.1, -0.05) is 62.9 Å². The molecule has 2 heterocycles. The van der Waals surface area contributed by atoms with Crippen LogP contribution in [0.2, 0.25) is 0 Å². The fraction of sp³-hybridized carbons (Fsp3) is 0.536. The minimum atomic E-state index is -3.85. The molecule has 14 heteroatoms. The molecule has 4 N–H and O–H groups in total. The summed E-state index contributed by atoms with van der Waals surface area (Å²) >= 11 is 1.11. The number of nitrogens with one attached hydrogen (secondary N) is 1. The zero-order valence-electron chi connectivity index (χ0n) is 24.5. The number of thioether (sulfide) groups is 1. The Kier molecular flexibility index (Phi) is 11.7. The Bertz CT molecular complexity index is 1230. The first-order chi connectivity index (χ1) is 19.7. The molecule has 1 aromatic rings. The molecule has 4 unspecified atom stereocenters. The first-order valence-corrected chi connectivity index (χ1v) is 15.9. The predicted octanol–water partition coefficient (Wildman–Crippen LogP) is 4.02. The van der Waals surface area contributed by atoms with Crippen LogP contribution >= 0.6 is 19.5 Å². The number of hydrogen-bond acceptors (Lipinski definition) is 11. The third-order valence-electron chi connectivity index (χ3n) is 6.12. The number of allylic oxidation sites excluding steroid dienone is 1. The van der Waals surface area contributed by atoms with E-state index < -0.39 is 42.8 Å². The molecule has 2 aliphatic heterocycles. The second-order valence-corrected chi connectivity index (χ2v) is 14.0. The van der Waals surface area contributed by atoms with Gasteiger partial charge in [-0.25, -0.2) is 9.65 Å². The average molecular weight is 626 g/mol. The number of hydrogen-bond donors (Lipinski definition) is 3. The molecule has 1 amide bonds. The molecule has 0 saturated carbocycles. The number of aliphatic imine (C=N–C) groups is 1. The van der Waals surface area contributed by atoms with Crippen molar-refractivity contribution in [3.8, 4) is 0 Å². The highest BCUT2D eigenvalue weighted by Crippen LogP contribution is 2.48. The molecular weight excluding hydrogens is 585 g/mol. The lowest BCUT2D eigenvalue weighted by Gasteiger charge is -2.24. The van der Waals surface area contributed by atoms with E-state index in [2.05, 4.69) is 10.1 Å². The molecule has 2 saturated heterocycles. The summed E-state index contributed by atoms with van der Waals surface area (Å²) < 4.78 is 43.4. The summed E-state index contributed by atoms with van der Waals surface area (Å²) in [6.07, 6.45) is 3.29. The molecule has 0 aromatic heterocycles. The van der Waals surface area contributed by atoms with Gasteiger partial charge >= 0.3 is 7.75 Å². The van der Waals surface area contributed by atoms with Crippen LogP contribution in [0.5, 0.6) is 0 Å². The second-order valence-electron chi connectivity index (χ2n) is 11.2. The molecule has 0 radical (unpaired) electrons. The number of nitrogens with zero attached hydrogens (tertiary/aromatic N) is 1. The van der Waals surface area contributed by atoms with Crippen LogP contribution in [0.1, 0.15) is 40.2 Å². The van der Waals surface area contributed by atoms with E-state index in [1.807, 2.05) is 51.1 Å². The van der Waals surface area contributed by atoms with Crippen molar-refractivity contribution < 1.29 is 42.5 Å². The van der Waals surface area contributed by atoms with Gasteiger partial charge in [-0.3, -0.25) is 23.6 Å². The highest BCUT2D eigenvalue weighted by atomic mass is 32.2. The predicted molar refractivity (Wildman–Crippen MR) is 160 cm³/mol. The fourth-order valence-electron chi connectivity index (χ4n) is 4.07. The van der Waals surface area contributed by atoms with Gasteiger partial charge < -0.3 is 25.1 Å². The van der Waals surface area contributed by atoms with Crippen molar-refractivity contribution in [3.05, 3.63) is 59.9 Å². The van der Waals surface area contributed by atoms with E-state index in [1.54, 1.807) is 13.8 Å². The highest BCUT2D eigenvalue weighted by molar-refractivity contribution is 8.13. The third kappa shape index (κ3) is 9.58. The first-order valence-electron chi connectivity index (χ1n) is 13.4. The third-order valence-corrected chi connectivity index (χ3v) is 8.92. The second kappa shape index (κ2) is 14.4. The van der Waals surface area contributed by atoms with Gasteiger partial charge in [-0.2, -0.15) is 0 Å². The number of amides is 1. The number of aliphatic hydroxyl groups is 1. The molecule has 0 spiro atoms. The van der Waals surface area contributed by atoms with Crippen molar-refractivity contribution in [2.75, 3.05) is 25.6 Å². The summed E-state index contributed by atoms with van der Waals surface area (Å²) in [7, 11) is -3.85. The maximum Gasteiger partial charge on any atom is 0.405 e. The monoisotopic (exact) mass is 625 g/mol. The number of rotatable bonds is 14. The molecule has 1 aromatic carbocycles. The van der Waals surface area contributed by atoms with E-state index in [0.717, 1.165) is 17.3 Å². The standard InChI is InChI=1S/C28H40N3O9PS/c1-26(2,3)25(34)42-15-14-37-41(35,31-16-20-10-7-6-8-11-20)38-18-22-23-28(19-36-22,40-27(4,5)39-23)30-13-9-12-21(17-32)24(29)33/h6-13,17,22-23,32H,14-16,18-19H2,1-5H3,(H2,29,33)(H,31,35). The molecule has 3 rings (SSSR count). The maximum atomic E-state index is 13.8. The molecule has 4 atom stereocenters. The molecule has 42 heavy (non-hydrogen) atoms. The molecule has 0 bridgehead atoms. The summed E-state index contributed by atoms with van der Waals surface area (Å²) in [6, 6.07) is 9.38. The number of carbonyl (C=O) groups is 2. The van der Waals surface area contributed by atoms with Gasteiger partial charge in [0.25, 0.3) is 5.91 Å². The van der Waals surface area contributed by atoms with Crippen molar-refractivity contribution in [1.82, 2.24) is 5.09 Å². The largest absolute Gasteiger partial charge is 0.515 e. The molecule has 232 valence electrons. The van der Waals surface area contributed by atoms with Crippen LogP contribution in [0, 0.1) is 5.41 Å². The summed E-state index contributed by atoms with van der Waals surface area (Å²) in [5.74, 6) is -1.49. The van der Waals surface area contributed by atoms with E-state index in [-0.39, 0.29) is 37.1 Å². The van der Waals surface area contributed by atoms with E-state index in [1.165, 1.54) is 18.4 Å². The van der Waals surface area contributed by atoms with Gasteiger partial charge in [-0.15, -0.1) is 0 Å². The van der Waals surface area contributed by atoms with E-state index in [9.17, 15) is 14.2 Å². The Morgan fingerprint density at radius 2 is 1.98 bits per heavy atom. The zero-order chi connectivity index (χ0) is 31.0. The lowest BCUT2D eigenvalue weighted by atomic mass is 10.00. The number of nitrogens with two attached hydrogens (primary N) is 1. The number of ether oxygens (including phenoxy) is 3. The number of carbonyl (C=O) groups excluding carboxylic acids is 2. The number of aliphatic hydroxyl groups excluding tert-OH is 1. The maximum absolute atomic E-state index is 13.8. The fourth-order valence-corrected chi connectivity index (χ4v) is 6.28. The Morgan fingerprint density at radius 1 is 1.26 bits per heavy atom. The van der Waals surface area contributed by atoms with E-state index >= 15 is 0 Å². The van der Waals surface area contributed by atoms with Crippen LogP contribution in [-0.2, 0) is 44.0 Å². The lowest BCUT2D eigenvalue weighted by molar-refractivity contribution is -0.190. The minimum absolute atomic E-state index is 0.00409. The summed E-state index contributed by atoms with van der Waals surface area (Å²) in [4.78, 5) is 28.0. The van der Waals surface area contributed by atoms with Crippen LogP contribution < -0.4 is 10.8 Å². The van der Waals surface area contributed by atoms with Gasteiger partial charge in [0.2, 0.25) is 5.72 Å². The van der Waals surface area contributed by atoms with E-state index in [0.29, 0.717) is 12.0 Å². The van der Waals surface area contributed by atoms with Crippen molar-refractivity contribution in [3.63, 3.8) is 0 Å². The lowest BCUT2D eigenvalue weighted by Crippen LogP contribution is -2.41. The molecule has 2 fully saturated rings. The Hall–Kier alpha value is -2.35. The van der Waals surface area contributed by atoms with Crippen molar-refractivity contribution in [2.24, 2.45) is 16.1 Å². The highest BCUT2D eigenvalue weighted by Gasteiger charge is 2.61. The average Bonchev–Trinajstić information content (AvgIpc) is 3.38. The SMILES string of the molecule is CC1(C)OC2C(COP(=O)(NCc3ccccc3)OCCSC(=O)C(C)(C)C)OCC2(N=CC=CC(=CO)C(N)=O)O1. The Labute approximate surface area is 250 Å². The van der Waals surface area contributed by atoms with E-state index in [4.69, 9.17) is 34.1 Å². The van der Waals surface area contributed by atoms with Gasteiger partial charge in [0.1, 0.15) is 12.2 Å². The van der Waals surface area contributed by atoms with Gasteiger partial charge in [-0.05, 0) is 31.6 Å². The van der Waals surface area contributed by atoms with Crippen molar-refractivity contribution in [2.45, 2.75) is 64.9 Å². The first kappa shape index (κ1) is 34.1. The molecule has 2 aliphatic rings. The minimum Gasteiger partial charge on any atom is -0.515 e. The van der Waals surface area contributed by atoms with Gasteiger partial charge in [0.15, 0.2) is 10.9 Å². The number of benzene rings is 1. The van der Waals surface area contributed by atoms with Crippen molar-refractivity contribution >= 4 is 36.7 Å². The molecule has 0 aliphatic carbocycles. The van der Waals surface area contributed by atoms with Crippen LogP contribution in [0.25, 0.3) is 0 Å². The quantitative estimate of drug-likeness (QED) is 0.0682. The van der Waals surface area contributed by atoms with Crippen LogP contribution in [0.15, 0.2) is 59.3 Å². The zero-order valence-corrected chi connectivity index (χ0v) is 26.2. The Morgan fingerprint density at radius 3 is 2.62 bits per heavy atom. The number of primary amides is 1. The van der Waals surface area contributed by atoms with Crippen LogP contribution in [0.4, 0.5) is 0 Å². The summed E-state index contributed by atoms with van der Waals surface area (Å²) in [6.45, 7) is 9.08. The number of fused-ring (bicyclic) bond motifs is 1. The summed E-state index contributed by atoms with van der Waals surface area (Å²) in [5.41, 5.74) is 4.23. The van der Waals surface area contributed by atoms with Crippen molar-refractivity contribution in [1.29, 1.82) is 0 Å². The topological polar surface area (TPSA) is 168 Å². The van der Waals surface area contributed by atoms with Crippen LogP contribution in [-0.4, -0.2) is 71.6 Å². The van der Waals surface area contributed by atoms with Gasteiger partial charge in [0, 0.05) is 23.9 Å². The smallest absolute Gasteiger partial charge is 0.405 e. The normalized spacial score (nSPS) is 25.6. The summed E-state index contributed by atoms with van der Waals surface area (Å²) in [5, 5.41) is 12.0. The Balaban J connectivity index is 1.69.